The Kier molecular flexibility index (Phi) is 6.60. The minimum absolute atomic E-state index is 0.148. The van der Waals surface area contributed by atoms with Gasteiger partial charge in [0, 0.05) is 32.8 Å². The number of likely N-dealkylation sites (tertiary alicyclic amines) is 1. The maximum absolute atomic E-state index is 12.1. The Morgan fingerprint density at radius 2 is 2.17 bits per heavy atom. The first-order valence-corrected chi connectivity index (χ1v) is 6.90. The normalized spacial score (nSPS) is 21.6. The molecule has 1 aliphatic heterocycles. The van der Waals surface area contributed by atoms with Gasteiger partial charge in [-0.25, -0.2) is 0 Å². The Bertz CT molecular complexity index is 253. The van der Waals surface area contributed by atoms with Crippen LogP contribution in [0.25, 0.3) is 0 Å². The van der Waals surface area contributed by atoms with Crippen LogP contribution in [0.2, 0.25) is 0 Å². The van der Waals surface area contributed by atoms with Gasteiger partial charge < -0.3 is 15.4 Å². The van der Waals surface area contributed by atoms with Gasteiger partial charge in [0.05, 0.1) is 12.5 Å². The predicted molar refractivity (Wildman–Crippen MR) is 72.4 cm³/mol. The van der Waals surface area contributed by atoms with Gasteiger partial charge in [-0.15, -0.1) is 0 Å². The molecule has 1 fully saturated rings. The molecule has 1 heterocycles. The molecule has 1 saturated heterocycles. The van der Waals surface area contributed by atoms with E-state index in [0.717, 1.165) is 32.6 Å². The van der Waals surface area contributed by atoms with Crippen molar-refractivity contribution in [3.63, 3.8) is 0 Å². The minimum Gasteiger partial charge on any atom is -0.380 e. The van der Waals surface area contributed by atoms with Crippen LogP contribution in [-0.2, 0) is 9.53 Å². The quantitative estimate of drug-likeness (QED) is 0.712. The maximum atomic E-state index is 12.1. The van der Waals surface area contributed by atoms with Crippen molar-refractivity contribution < 1.29 is 9.53 Å². The standard InChI is InChI=1S/C13H27N3O2/c1-4-15(5-2)11-6-7-16(10-11)13(17)8-12(9-14)18-3/h11-12H,4-10,14H2,1-3H3. The molecule has 0 aromatic carbocycles. The first kappa shape index (κ1) is 15.4. The van der Waals surface area contributed by atoms with E-state index >= 15 is 0 Å². The number of carbonyl (C=O) groups is 1. The Balaban J connectivity index is 2.43. The number of carbonyl (C=O) groups excluding carboxylic acids is 1. The van der Waals surface area contributed by atoms with Crippen LogP contribution >= 0.6 is 0 Å². The summed E-state index contributed by atoms with van der Waals surface area (Å²) in [4.78, 5) is 16.5. The molecule has 2 atom stereocenters. The van der Waals surface area contributed by atoms with Gasteiger partial charge in [-0.1, -0.05) is 13.8 Å². The fourth-order valence-corrected chi connectivity index (χ4v) is 2.59. The predicted octanol–water partition coefficient (Wildman–Crippen LogP) is 0.293. The number of hydrogen-bond donors (Lipinski definition) is 1. The number of likely N-dealkylation sites (N-methyl/N-ethyl adjacent to an activating group) is 1. The van der Waals surface area contributed by atoms with Crippen LogP contribution in [0.15, 0.2) is 0 Å². The number of amides is 1. The summed E-state index contributed by atoms with van der Waals surface area (Å²) < 4.78 is 5.16. The van der Waals surface area contributed by atoms with E-state index in [-0.39, 0.29) is 12.0 Å². The average Bonchev–Trinajstić information content (AvgIpc) is 2.87. The SMILES string of the molecule is CCN(CC)C1CCN(C(=O)CC(CN)OC)C1. The van der Waals surface area contributed by atoms with Gasteiger partial charge in [-0.2, -0.15) is 0 Å². The van der Waals surface area contributed by atoms with Gasteiger partial charge in [0.1, 0.15) is 0 Å². The van der Waals surface area contributed by atoms with Gasteiger partial charge in [-0.3, -0.25) is 9.69 Å². The van der Waals surface area contributed by atoms with Crippen LogP contribution in [0.5, 0.6) is 0 Å². The lowest BCUT2D eigenvalue weighted by Gasteiger charge is -2.26. The van der Waals surface area contributed by atoms with Gasteiger partial charge >= 0.3 is 0 Å². The molecule has 18 heavy (non-hydrogen) atoms. The number of rotatable bonds is 7. The fraction of sp³-hybridized carbons (Fsp3) is 0.923. The van der Waals surface area contributed by atoms with Gasteiger partial charge in [0.25, 0.3) is 0 Å². The summed E-state index contributed by atoms with van der Waals surface area (Å²) >= 11 is 0. The summed E-state index contributed by atoms with van der Waals surface area (Å²) in [6.45, 7) is 8.55. The molecule has 0 radical (unpaired) electrons. The summed E-state index contributed by atoms with van der Waals surface area (Å²) in [6, 6.07) is 0.517. The van der Waals surface area contributed by atoms with Crippen molar-refractivity contribution in [1.29, 1.82) is 0 Å². The van der Waals surface area contributed by atoms with E-state index in [2.05, 4.69) is 18.7 Å². The molecule has 1 amide bonds. The molecule has 1 rings (SSSR count). The summed E-state index contributed by atoms with van der Waals surface area (Å²) in [6.07, 6.45) is 1.33. The monoisotopic (exact) mass is 257 g/mol. The Labute approximate surface area is 110 Å². The number of ether oxygens (including phenoxy) is 1. The first-order valence-electron chi connectivity index (χ1n) is 6.90. The van der Waals surface area contributed by atoms with Crippen molar-refractivity contribution in [2.45, 2.75) is 38.8 Å². The molecule has 2 N–H and O–H groups in total. The average molecular weight is 257 g/mol. The molecular weight excluding hydrogens is 230 g/mol. The smallest absolute Gasteiger partial charge is 0.225 e. The second-order valence-corrected chi connectivity index (χ2v) is 4.80. The highest BCUT2D eigenvalue weighted by Crippen LogP contribution is 2.16. The molecule has 2 unspecified atom stereocenters. The van der Waals surface area contributed by atoms with E-state index in [1.54, 1.807) is 7.11 Å². The molecule has 0 bridgehead atoms. The number of hydrogen-bond acceptors (Lipinski definition) is 4. The van der Waals surface area contributed by atoms with Crippen molar-refractivity contribution in [3.05, 3.63) is 0 Å². The van der Waals surface area contributed by atoms with E-state index < -0.39 is 0 Å². The van der Waals surface area contributed by atoms with E-state index in [1.165, 1.54) is 0 Å². The lowest BCUT2D eigenvalue weighted by Crippen LogP contribution is -2.40. The van der Waals surface area contributed by atoms with E-state index in [1.807, 2.05) is 4.90 Å². The molecule has 0 aromatic rings. The third kappa shape index (κ3) is 3.93. The first-order chi connectivity index (χ1) is 8.65. The van der Waals surface area contributed by atoms with E-state index in [0.29, 0.717) is 19.0 Å². The molecule has 1 aliphatic rings. The topological polar surface area (TPSA) is 58.8 Å². The summed E-state index contributed by atoms with van der Waals surface area (Å²) in [5.74, 6) is 0.168. The Morgan fingerprint density at radius 3 is 2.67 bits per heavy atom. The molecule has 0 saturated carbocycles. The largest absolute Gasteiger partial charge is 0.380 e. The minimum atomic E-state index is -0.148. The van der Waals surface area contributed by atoms with Crippen molar-refractivity contribution in [2.75, 3.05) is 39.8 Å². The summed E-state index contributed by atoms with van der Waals surface area (Å²) in [5, 5.41) is 0. The van der Waals surface area contributed by atoms with E-state index in [4.69, 9.17) is 10.5 Å². The third-order valence-corrected chi connectivity index (χ3v) is 3.84. The molecule has 5 nitrogen and oxygen atoms in total. The second-order valence-electron chi connectivity index (χ2n) is 4.80. The lowest BCUT2D eigenvalue weighted by atomic mass is 10.2. The van der Waals surface area contributed by atoms with Gasteiger partial charge in [0.2, 0.25) is 5.91 Å². The Hall–Kier alpha value is -0.650. The van der Waals surface area contributed by atoms with Crippen molar-refractivity contribution in [2.24, 2.45) is 5.73 Å². The molecule has 0 aliphatic carbocycles. The van der Waals surface area contributed by atoms with Crippen LogP contribution in [0.4, 0.5) is 0 Å². The van der Waals surface area contributed by atoms with Crippen molar-refractivity contribution in [1.82, 2.24) is 9.80 Å². The second kappa shape index (κ2) is 7.71. The third-order valence-electron chi connectivity index (χ3n) is 3.84. The molecule has 5 heteroatoms. The number of methoxy groups -OCH3 is 1. The van der Waals surface area contributed by atoms with Crippen LogP contribution in [0.3, 0.4) is 0 Å². The van der Waals surface area contributed by atoms with Crippen molar-refractivity contribution in [3.8, 4) is 0 Å². The Morgan fingerprint density at radius 1 is 1.50 bits per heavy atom. The summed E-state index contributed by atoms with van der Waals surface area (Å²) in [5.41, 5.74) is 5.54. The molecule has 106 valence electrons. The van der Waals surface area contributed by atoms with Crippen LogP contribution in [0.1, 0.15) is 26.7 Å². The maximum Gasteiger partial charge on any atom is 0.225 e. The molecular formula is C13H27N3O2. The zero-order valence-electron chi connectivity index (χ0n) is 11.9. The number of nitrogens with zero attached hydrogens (tertiary/aromatic N) is 2. The van der Waals surface area contributed by atoms with Crippen molar-refractivity contribution >= 4 is 5.91 Å². The summed E-state index contributed by atoms with van der Waals surface area (Å²) in [7, 11) is 1.60. The van der Waals surface area contributed by atoms with Crippen LogP contribution in [-0.4, -0.2) is 67.7 Å². The van der Waals surface area contributed by atoms with Gasteiger partial charge in [-0.05, 0) is 19.5 Å². The highest BCUT2D eigenvalue weighted by atomic mass is 16.5. The fourth-order valence-electron chi connectivity index (χ4n) is 2.59. The highest BCUT2D eigenvalue weighted by Gasteiger charge is 2.29. The van der Waals surface area contributed by atoms with Gasteiger partial charge in [0.15, 0.2) is 0 Å². The van der Waals surface area contributed by atoms with Crippen LogP contribution < -0.4 is 5.73 Å². The highest BCUT2D eigenvalue weighted by molar-refractivity contribution is 5.77. The molecule has 0 aromatic heterocycles. The lowest BCUT2D eigenvalue weighted by molar-refractivity contribution is -0.132. The van der Waals surface area contributed by atoms with E-state index in [9.17, 15) is 4.79 Å². The zero-order chi connectivity index (χ0) is 13.5. The molecule has 0 spiro atoms. The number of nitrogens with two attached hydrogens (primary N) is 1. The van der Waals surface area contributed by atoms with Crippen LogP contribution in [0, 0.1) is 0 Å². The zero-order valence-corrected chi connectivity index (χ0v) is 11.9.